The summed E-state index contributed by atoms with van der Waals surface area (Å²) in [6, 6.07) is 5.45. The molecular weight excluding hydrogens is 271 g/mol. The molecule has 0 atom stereocenters. The Morgan fingerprint density at radius 2 is 2.32 bits per heavy atom. The third-order valence-corrected chi connectivity index (χ3v) is 3.20. The maximum absolute atomic E-state index is 13.1. The number of ether oxygens (including phenoxy) is 1. The summed E-state index contributed by atoms with van der Waals surface area (Å²) >= 11 is 1.29. The lowest BCUT2D eigenvalue weighted by Gasteiger charge is -2.03. The third-order valence-electron chi connectivity index (χ3n) is 2.44. The van der Waals surface area contributed by atoms with E-state index >= 15 is 0 Å². The zero-order valence-electron chi connectivity index (χ0n) is 9.41. The van der Waals surface area contributed by atoms with Crippen molar-refractivity contribution < 1.29 is 19.0 Å². The fourth-order valence-corrected chi connectivity index (χ4v) is 2.38. The van der Waals surface area contributed by atoms with Crippen molar-refractivity contribution in [1.82, 2.24) is 9.38 Å². The van der Waals surface area contributed by atoms with Crippen LogP contribution in [0.4, 0.5) is 4.39 Å². The molecule has 0 saturated heterocycles. The van der Waals surface area contributed by atoms with Crippen molar-refractivity contribution in [3.8, 4) is 11.6 Å². The Balaban J connectivity index is 2.07. The average Bonchev–Trinajstić information content (AvgIpc) is 2.88. The number of thiazole rings is 1. The van der Waals surface area contributed by atoms with Gasteiger partial charge in [0.2, 0.25) is 0 Å². The number of nitrogens with zero attached hydrogens (tertiary/aromatic N) is 2. The quantitative estimate of drug-likeness (QED) is 0.799. The molecule has 1 aromatic carbocycles. The molecule has 0 aliphatic rings. The SMILES string of the molecule is O=C(O)c1c(Oc2cccc(F)c2)nc2sccn12. The van der Waals surface area contributed by atoms with Crippen LogP contribution in [0, 0.1) is 5.82 Å². The highest BCUT2D eigenvalue weighted by atomic mass is 32.1. The van der Waals surface area contributed by atoms with Gasteiger partial charge in [0.15, 0.2) is 10.7 Å². The summed E-state index contributed by atoms with van der Waals surface area (Å²) in [6.45, 7) is 0. The molecule has 2 aromatic heterocycles. The average molecular weight is 278 g/mol. The number of carbonyl (C=O) groups is 1. The van der Waals surface area contributed by atoms with E-state index in [0.717, 1.165) is 0 Å². The van der Waals surface area contributed by atoms with Gasteiger partial charge in [0.05, 0.1) is 0 Å². The topological polar surface area (TPSA) is 63.8 Å². The first kappa shape index (κ1) is 11.7. The maximum Gasteiger partial charge on any atom is 0.358 e. The van der Waals surface area contributed by atoms with Crippen LogP contribution in [-0.2, 0) is 0 Å². The molecule has 19 heavy (non-hydrogen) atoms. The van der Waals surface area contributed by atoms with Gasteiger partial charge >= 0.3 is 5.97 Å². The van der Waals surface area contributed by atoms with Gasteiger partial charge in [-0.2, -0.15) is 4.98 Å². The number of imidazole rings is 1. The van der Waals surface area contributed by atoms with E-state index in [0.29, 0.717) is 4.96 Å². The van der Waals surface area contributed by atoms with Crippen LogP contribution in [-0.4, -0.2) is 20.5 Å². The molecule has 0 amide bonds. The van der Waals surface area contributed by atoms with E-state index in [9.17, 15) is 14.3 Å². The highest BCUT2D eigenvalue weighted by Gasteiger charge is 2.21. The molecule has 0 spiro atoms. The molecule has 5 nitrogen and oxygen atoms in total. The standard InChI is InChI=1S/C12H7FN2O3S/c13-7-2-1-3-8(6-7)18-10-9(11(16)17)15-4-5-19-12(15)14-10/h1-6H,(H,16,17). The summed E-state index contributed by atoms with van der Waals surface area (Å²) in [7, 11) is 0. The number of fused-ring (bicyclic) bond motifs is 1. The van der Waals surface area contributed by atoms with Crippen LogP contribution in [0.25, 0.3) is 4.96 Å². The molecule has 2 heterocycles. The van der Waals surface area contributed by atoms with Crippen molar-refractivity contribution in [3.63, 3.8) is 0 Å². The summed E-state index contributed by atoms with van der Waals surface area (Å²) in [6.07, 6.45) is 1.59. The van der Waals surface area contributed by atoms with Crippen LogP contribution < -0.4 is 4.74 Å². The number of benzene rings is 1. The smallest absolute Gasteiger partial charge is 0.358 e. The van der Waals surface area contributed by atoms with E-state index in [1.807, 2.05) is 0 Å². The van der Waals surface area contributed by atoms with Gasteiger partial charge in [-0.15, -0.1) is 11.3 Å². The Morgan fingerprint density at radius 3 is 3.05 bits per heavy atom. The summed E-state index contributed by atoms with van der Waals surface area (Å²) in [4.78, 5) is 15.8. The molecular formula is C12H7FN2O3S. The normalized spacial score (nSPS) is 10.8. The van der Waals surface area contributed by atoms with Gasteiger partial charge in [-0.1, -0.05) is 6.07 Å². The van der Waals surface area contributed by atoms with E-state index in [1.165, 1.54) is 40.0 Å². The minimum absolute atomic E-state index is 0.0510. The van der Waals surface area contributed by atoms with Gasteiger partial charge in [0.1, 0.15) is 11.6 Å². The number of carboxylic acids is 1. The second kappa shape index (κ2) is 4.36. The van der Waals surface area contributed by atoms with Gasteiger partial charge < -0.3 is 9.84 Å². The maximum atomic E-state index is 13.1. The van der Waals surface area contributed by atoms with Crippen molar-refractivity contribution in [2.24, 2.45) is 0 Å². The summed E-state index contributed by atoms with van der Waals surface area (Å²) < 4.78 is 19.8. The minimum atomic E-state index is -1.16. The molecule has 1 N–H and O–H groups in total. The molecule has 0 fully saturated rings. The largest absolute Gasteiger partial charge is 0.476 e. The molecule has 0 aliphatic heterocycles. The van der Waals surface area contributed by atoms with E-state index in [4.69, 9.17) is 4.74 Å². The molecule has 0 unspecified atom stereocenters. The lowest BCUT2D eigenvalue weighted by molar-refractivity contribution is 0.0686. The predicted octanol–water partition coefficient (Wildman–Crippen LogP) is 3.03. The first-order chi connectivity index (χ1) is 9.15. The van der Waals surface area contributed by atoms with Gasteiger partial charge in [0.25, 0.3) is 5.88 Å². The summed E-state index contributed by atoms with van der Waals surface area (Å²) in [5, 5.41) is 10.9. The number of hydrogen-bond donors (Lipinski definition) is 1. The van der Waals surface area contributed by atoms with Gasteiger partial charge in [0, 0.05) is 17.6 Å². The van der Waals surface area contributed by atoms with E-state index in [1.54, 1.807) is 11.6 Å². The van der Waals surface area contributed by atoms with Crippen molar-refractivity contribution >= 4 is 22.3 Å². The van der Waals surface area contributed by atoms with Crippen molar-refractivity contribution in [1.29, 1.82) is 0 Å². The second-order valence-electron chi connectivity index (χ2n) is 3.69. The van der Waals surface area contributed by atoms with Gasteiger partial charge in [-0.3, -0.25) is 4.40 Å². The van der Waals surface area contributed by atoms with Crippen molar-refractivity contribution in [2.45, 2.75) is 0 Å². The van der Waals surface area contributed by atoms with Crippen LogP contribution in [0.1, 0.15) is 10.5 Å². The number of hydrogen-bond acceptors (Lipinski definition) is 4. The number of carboxylic acid groups (broad SMARTS) is 1. The Bertz CT molecular complexity index is 765. The Morgan fingerprint density at radius 1 is 1.47 bits per heavy atom. The van der Waals surface area contributed by atoms with E-state index < -0.39 is 11.8 Å². The molecule has 3 aromatic rings. The number of aromatic carboxylic acids is 1. The van der Waals surface area contributed by atoms with Crippen LogP contribution in [0.3, 0.4) is 0 Å². The van der Waals surface area contributed by atoms with Crippen LogP contribution in [0.5, 0.6) is 11.6 Å². The molecule has 0 aliphatic carbocycles. The number of halogens is 1. The van der Waals surface area contributed by atoms with E-state index in [-0.39, 0.29) is 17.3 Å². The molecule has 0 saturated carbocycles. The zero-order valence-corrected chi connectivity index (χ0v) is 10.2. The Labute approximate surface area is 110 Å². The second-order valence-corrected chi connectivity index (χ2v) is 4.56. The predicted molar refractivity (Wildman–Crippen MR) is 66.5 cm³/mol. The first-order valence-electron chi connectivity index (χ1n) is 5.27. The van der Waals surface area contributed by atoms with Crippen LogP contribution >= 0.6 is 11.3 Å². The van der Waals surface area contributed by atoms with E-state index in [2.05, 4.69) is 4.98 Å². The Kier molecular flexibility index (Phi) is 2.68. The van der Waals surface area contributed by atoms with Gasteiger partial charge in [-0.05, 0) is 12.1 Å². The van der Waals surface area contributed by atoms with Crippen LogP contribution in [0.15, 0.2) is 35.8 Å². The minimum Gasteiger partial charge on any atom is -0.476 e. The van der Waals surface area contributed by atoms with Crippen molar-refractivity contribution in [3.05, 3.63) is 47.4 Å². The number of rotatable bonds is 3. The molecule has 96 valence electrons. The summed E-state index contributed by atoms with van der Waals surface area (Å²) in [5.74, 6) is -1.47. The summed E-state index contributed by atoms with van der Waals surface area (Å²) in [5.41, 5.74) is -0.0829. The fourth-order valence-electron chi connectivity index (χ4n) is 1.67. The monoisotopic (exact) mass is 278 g/mol. The lowest BCUT2D eigenvalue weighted by atomic mass is 10.3. The zero-order chi connectivity index (χ0) is 13.4. The molecule has 7 heteroatoms. The molecule has 0 bridgehead atoms. The third kappa shape index (κ3) is 2.04. The number of aromatic nitrogens is 2. The Hall–Kier alpha value is -2.41. The van der Waals surface area contributed by atoms with Crippen LogP contribution in [0.2, 0.25) is 0 Å². The molecule has 3 rings (SSSR count). The van der Waals surface area contributed by atoms with Gasteiger partial charge in [-0.25, -0.2) is 9.18 Å². The van der Waals surface area contributed by atoms with Crippen molar-refractivity contribution in [2.75, 3.05) is 0 Å². The lowest BCUT2D eigenvalue weighted by Crippen LogP contribution is -2.02. The highest BCUT2D eigenvalue weighted by Crippen LogP contribution is 2.28. The fraction of sp³-hybridized carbons (Fsp3) is 0. The first-order valence-corrected chi connectivity index (χ1v) is 6.15. The highest BCUT2D eigenvalue weighted by molar-refractivity contribution is 7.15. The molecule has 0 radical (unpaired) electrons.